The molecule has 2 aromatic rings. The van der Waals surface area contributed by atoms with Crippen LogP contribution in [0, 0.1) is 0 Å². The molecule has 3 nitrogen and oxygen atoms in total. The van der Waals surface area contributed by atoms with Crippen molar-refractivity contribution in [1.29, 1.82) is 0 Å². The van der Waals surface area contributed by atoms with E-state index in [9.17, 15) is 0 Å². The molecule has 1 atom stereocenters. The fourth-order valence-corrected chi connectivity index (χ4v) is 2.38. The Kier molecular flexibility index (Phi) is 6.87. The normalized spacial score (nSPS) is 11.8. The van der Waals surface area contributed by atoms with Crippen molar-refractivity contribution in [2.24, 2.45) is 0 Å². The molecule has 0 saturated heterocycles. The van der Waals surface area contributed by atoms with E-state index < -0.39 is 0 Å². The van der Waals surface area contributed by atoms with Crippen LogP contribution < -0.4 is 14.8 Å². The lowest BCUT2D eigenvalue weighted by Gasteiger charge is -2.13. The van der Waals surface area contributed by atoms with Crippen molar-refractivity contribution in [1.82, 2.24) is 0 Å². The summed E-state index contributed by atoms with van der Waals surface area (Å²) in [5.74, 6) is 1.52. The third kappa shape index (κ3) is 5.85. The second-order valence-electron chi connectivity index (χ2n) is 5.21. The SMILES string of the molecule is CCC(C)Oc1ccc(NCCOc2ccc(Cl)cc2Cl)cc1. The molecule has 0 aliphatic carbocycles. The number of nitrogens with one attached hydrogen (secondary N) is 1. The summed E-state index contributed by atoms with van der Waals surface area (Å²) in [5.41, 5.74) is 1.02. The summed E-state index contributed by atoms with van der Waals surface area (Å²) in [5, 5.41) is 4.41. The van der Waals surface area contributed by atoms with Crippen LogP contribution in [0.2, 0.25) is 10.0 Å². The van der Waals surface area contributed by atoms with E-state index in [4.69, 9.17) is 32.7 Å². The van der Waals surface area contributed by atoms with Crippen LogP contribution in [0.3, 0.4) is 0 Å². The molecule has 0 fully saturated rings. The highest BCUT2D eigenvalue weighted by atomic mass is 35.5. The molecule has 0 amide bonds. The summed E-state index contributed by atoms with van der Waals surface area (Å²) in [6.07, 6.45) is 1.22. The van der Waals surface area contributed by atoms with Gasteiger partial charge in [-0.15, -0.1) is 0 Å². The van der Waals surface area contributed by atoms with Gasteiger partial charge in [-0.2, -0.15) is 0 Å². The lowest BCUT2D eigenvalue weighted by Crippen LogP contribution is -2.12. The van der Waals surface area contributed by atoms with Crippen molar-refractivity contribution >= 4 is 28.9 Å². The smallest absolute Gasteiger partial charge is 0.138 e. The molecule has 0 saturated carbocycles. The number of rotatable bonds is 8. The van der Waals surface area contributed by atoms with E-state index in [1.807, 2.05) is 24.3 Å². The Labute approximate surface area is 147 Å². The number of ether oxygens (including phenoxy) is 2. The molecule has 0 radical (unpaired) electrons. The van der Waals surface area contributed by atoms with Crippen LogP contribution in [0.15, 0.2) is 42.5 Å². The maximum Gasteiger partial charge on any atom is 0.138 e. The second-order valence-corrected chi connectivity index (χ2v) is 6.05. The maximum atomic E-state index is 6.05. The summed E-state index contributed by atoms with van der Waals surface area (Å²) >= 11 is 11.9. The Bertz CT molecular complexity index is 617. The van der Waals surface area contributed by atoms with E-state index in [0.717, 1.165) is 17.9 Å². The fourth-order valence-electron chi connectivity index (χ4n) is 1.92. The standard InChI is InChI=1S/C18H21Cl2NO2/c1-3-13(2)23-16-7-5-15(6-8-16)21-10-11-22-18-9-4-14(19)12-17(18)20/h4-9,12-13,21H,3,10-11H2,1-2H3. The van der Waals surface area contributed by atoms with E-state index in [-0.39, 0.29) is 6.10 Å². The van der Waals surface area contributed by atoms with Crippen molar-refractivity contribution in [3.05, 3.63) is 52.5 Å². The predicted octanol–water partition coefficient (Wildman–Crippen LogP) is 5.66. The van der Waals surface area contributed by atoms with Crippen molar-refractivity contribution < 1.29 is 9.47 Å². The summed E-state index contributed by atoms with van der Waals surface area (Å²) in [6.45, 7) is 5.34. The van der Waals surface area contributed by atoms with Crippen molar-refractivity contribution in [3.8, 4) is 11.5 Å². The van der Waals surface area contributed by atoms with E-state index in [1.54, 1.807) is 18.2 Å². The van der Waals surface area contributed by atoms with Crippen LogP contribution in [-0.4, -0.2) is 19.3 Å². The number of anilines is 1. The summed E-state index contributed by atoms with van der Waals surface area (Å²) in [6, 6.07) is 13.1. The Morgan fingerprint density at radius 2 is 1.83 bits per heavy atom. The molecule has 1 N–H and O–H groups in total. The highest BCUT2D eigenvalue weighted by Crippen LogP contribution is 2.27. The maximum absolute atomic E-state index is 6.05. The molecule has 0 bridgehead atoms. The van der Waals surface area contributed by atoms with Gasteiger partial charge in [0.25, 0.3) is 0 Å². The van der Waals surface area contributed by atoms with Crippen molar-refractivity contribution in [3.63, 3.8) is 0 Å². The molecule has 2 aromatic carbocycles. The topological polar surface area (TPSA) is 30.5 Å². The molecular formula is C18H21Cl2NO2. The molecule has 124 valence electrons. The quantitative estimate of drug-likeness (QED) is 0.621. The first kappa shape index (κ1) is 17.8. The van der Waals surface area contributed by atoms with Crippen LogP contribution in [0.1, 0.15) is 20.3 Å². The van der Waals surface area contributed by atoms with Crippen molar-refractivity contribution in [2.75, 3.05) is 18.5 Å². The Morgan fingerprint density at radius 3 is 2.48 bits per heavy atom. The van der Waals surface area contributed by atoms with Gasteiger partial charge in [0, 0.05) is 17.3 Å². The van der Waals surface area contributed by atoms with Gasteiger partial charge in [0.05, 0.1) is 11.1 Å². The zero-order valence-electron chi connectivity index (χ0n) is 13.3. The van der Waals surface area contributed by atoms with Gasteiger partial charge < -0.3 is 14.8 Å². The first-order valence-electron chi connectivity index (χ1n) is 7.67. The van der Waals surface area contributed by atoms with Gasteiger partial charge in [-0.05, 0) is 55.8 Å². The Hall–Kier alpha value is -1.58. The molecular weight excluding hydrogens is 333 g/mol. The molecule has 1 unspecified atom stereocenters. The molecule has 5 heteroatoms. The predicted molar refractivity (Wildman–Crippen MR) is 97.3 cm³/mol. The average Bonchev–Trinajstić information content (AvgIpc) is 2.54. The van der Waals surface area contributed by atoms with Crippen molar-refractivity contribution in [2.45, 2.75) is 26.4 Å². The van der Waals surface area contributed by atoms with Crippen LogP contribution in [0.25, 0.3) is 0 Å². The molecule has 0 spiro atoms. The molecule has 0 aromatic heterocycles. The largest absolute Gasteiger partial charge is 0.491 e. The third-order valence-electron chi connectivity index (χ3n) is 3.35. The van der Waals surface area contributed by atoms with E-state index in [1.165, 1.54) is 0 Å². The number of hydrogen-bond acceptors (Lipinski definition) is 3. The second kappa shape index (κ2) is 8.90. The zero-order valence-corrected chi connectivity index (χ0v) is 14.8. The Balaban J connectivity index is 1.75. The molecule has 2 rings (SSSR count). The number of halogens is 2. The van der Waals surface area contributed by atoms with Crippen LogP contribution in [-0.2, 0) is 0 Å². The molecule has 23 heavy (non-hydrogen) atoms. The van der Waals surface area contributed by atoms with Gasteiger partial charge in [0.2, 0.25) is 0 Å². The fraction of sp³-hybridized carbons (Fsp3) is 0.333. The number of benzene rings is 2. The Morgan fingerprint density at radius 1 is 1.09 bits per heavy atom. The molecule has 0 heterocycles. The van der Waals surface area contributed by atoms with Gasteiger partial charge in [-0.3, -0.25) is 0 Å². The van der Waals surface area contributed by atoms with Crippen LogP contribution >= 0.6 is 23.2 Å². The van der Waals surface area contributed by atoms with Gasteiger partial charge in [-0.25, -0.2) is 0 Å². The monoisotopic (exact) mass is 353 g/mol. The van der Waals surface area contributed by atoms with E-state index in [2.05, 4.69) is 19.2 Å². The highest BCUT2D eigenvalue weighted by Gasteiger charge is 2.03. The minimum absolute atomic E-state index is 0.228. The van der Waals surface area contributed by atoms with E-state index in [0.29, 0.717) is 28.9 Å². The summed E-state index contributed by atoms with van der Waals surface area (Å²) < 4.78 is 11.4. The van der Waals surface area contributed by atoms with Crippen LogP contribution in [0.5, 0.6) is 11.5 Å². The molecule has 0 aliphatic heterocycles. The third-order valence-corrected chi connectivity index (χ3v) is 3.88. The van der Waals surface area contributed by atoms with E-state index >= 15 is 0 Å². The number of hydrogen-bond donors (Lipinski definition) is 1. The average molecular weight is 354 g/mol. The lowest BCUT2D eigenvalue weighted by molar-refractivity contribution is 0.217. The van der Waals surface area contributed by atoms with Gasteiger partial charge >= 0.3 is 0 Å². The summed E-state index contributed by atoms with van der Waals surface area (Å²) in [7, 11) is 0. The minimum atomic E-state index is 0.228. The first-order chi connectivity index (χ1) is 11.1. The zero-order chi connectivity index (χ0) is 16.7. The molecule has 0 aliphatic rings. The van der Waals surface area contributed by atoms with Gasteiger partial charge in [0.15, 0.2) is 0 Å². The first-order valence-corrected chi connectivity index (χ1v) is 8.42. The van der Waals surface area contributed by atoms with Gasteiger partial charge in [-0.1, -0.05) is 30.1 Å². The van der Waals surface area contributed by atoms with Gasteiger partial charge in [0.1, 0.15) is 18.1 Å². The minimum Gasteiger partial charge on any atom is -0.491 e. The summed E-state index contributed by atoms with van der Waals surface area (Å²) in [4.78, 5) is 0. The lowest BCUT2D eigenvalue weighted by atomic mass is 10.3. The van der Waals surface area contributed by atoms with Crippen LogP contribution in [0.4, 0.5) is 5.69 Å². The highest BCUT2D eigenvalue weighted by molar-refractivity contribution is 6.35.